The maximum absolute atomic E-state index is 10.9. The molecule has 0 bridgehead atoms. The van der Waals surface area contributed by atoms with E-state index in [2.05, 4.69) is 9.84 Å². The van der Waals surface area contributed by atoms with Crippen molar-refractivity contribution in [3.05, 3.63) is 34.7 Å². The van der Waals surface area contributed by atoms with Gasteiger partial charge in [-0.2, -0.15) is 5.10 Å². The predicted molar refractivity (Wildman–Crippen MR) is 54.7 cm³/mol. The Morgan fingerprint density at radius 1 is 1.75 bits per heavy atom. The van der Waals surface area contributed by atoms with Crippen molar-refractivity contribution in [2.75, 3.05) is 6.61 Å². The van der Waals surface area contributed by atoms with Crippen molar-refractivity contribution in [1.29, 1.82) is 0 Å². The summed E-state index contributed by atoms with van der Waals surface area (Å²) in [6, 6.07) is 0. The predicted octanol–water partition coefficient (Wildman–Crippen LogP) is 0.911. The quantitative estimate of drug-likeness (QED) is 0.321. The molecule has 16 heavy (non-hydrogen) atoms. The summed E-state index contributed by atoms with van der Waals surface area (Å²) in [5.41, 5.74) is -0.0791. The molecule has 0 spiro atoms. The molecule has 0 unspecified atom stereocenters. The van der Waals surface area contributed by atoms with E-state index in [4.69, 9.17) is 0 Å². The molecule has 86 valence electrons. The zero-order valence-corrected chi connectivity index (χ0v) is 8.70. The van der Waals surface area contributed by atoms with Crippen molar-refractivity contribution < 1.29 is 14.5 Å². The Labute approximate surface area is 91.5 Å². The van der Waals surface area contributed by atoms with E-state index in [0.29, 0.717) is 6.61 Å². The van der Waals surface area contributed by atoms with E-state index in [1.54, 1.807) is 6.92 Å². The molecule has 0 aliphatic heterocycles. The van der Waals surface area contributed by atoms with E-state index in [9.17, 15) is 14.9 Å². The summed E-state index contributed by atoms with van der Waals surface area (Å²) in [7, 11) is 0. The van der Waals surface area contributed by atoms with Crippen LogP contribution < -0.4 is 0 Å². The van der Waals surface area contributed by atoms with Gasteiger partial charge in [-0.3, -0.25) is 14.8 Å². The molecule has 0 amide bonds. The van der Waals surface area contributed by atoms with Gasteiger partial charge in [-0.1, -0.05) is 6.08 Å². The van der Waals surface area contributed by atoms with Gasteiger partial charge in [0.15, 0.2) is 0 Å². The first-order valence-corrected chi connectivity index (χ1v) is 4.63. The van der Waals surface area contributed by atoms with Gasteiger partial charge in [0.1, 0.15) is 12.4 Å². The third kappa shape index (κ3) is 3.52. The van der Waals surface area contributed by atoms with Gasteiger partial charge in [0.25, 0.3) is 0 Å². The van der Waals surface area contributed by atoms with Crippen LogP contribution in [0.1, 0.15) is 6.92 Å². The van der Waals surface area contributed by atoms with Crippen LogP contribution in [0.15, 0.2) is 24.5 Å². The molecule has 1 aromatic rings. The number of ether oxygens (including phenoxy) is 1. The summed E-state index contributed by atoms with van der Waals surface area (Å²) >= 11 is 0. The number of carbonyl (C=O) groups excluding carboxylic acids is 1. The summed E-state index contributed by atoms with van der Waals surface area (Å²) in [4.78, 5) is 20.7. The van der Waals surface area contributed by atoms with Crippen molar-refractivity contribution in [2.45, 2.75) is 13.5 Å². The number of carbonyl (C=O) groups is 1. The molecule has 0 fully saturated rings. The highest BCUT2D eigenvalue weighted by atomic mass is 16.6. The standard InChI is InChI=1S/C9H11N3O4/c1-2-16-9(13)4-3-5-11-7-8(6-10-11)12(14)15/h3-4,6-7H,2,5H2,1H3/b4-3+. The molecule has 7 heteroatoms. The fraction of sp³-hybridized carbons (Fsp3) is 0.333. The van der Waals surface area contributed by atoms with Crippen LogP contribution in [0.2, 0.25) is 0 Å². The maximum atomic E-state index is 10.9. The van der Waals surface area contributed by atoms with Gasteiger partial charge in [0, 0.05) is 6.08 Å². The minimum absolute atomic E-state index is 0.0791. The van der Waals surface area contributed by atoms with Gasteiger partial charge in [-0.05, 0) is 6.92 Å². The number of hydrogen-bond acceptors (Lipinski definition) is 5. The van der Waals surface area contributed by atoms with Crippen molar-refractivity contribution in [2.24, 2.45) is 0 Å². The monoisotopic (exact) mass is 225 g/mol. The number of hydrogen-bond donors (Lipinski definition) is 0. The highest BCUT2D eigenvalue weighted by Gasteiger charge is 2.07. The fourth-order valence-electron chi connectivity index (χ4n) is 0.994. The molecular weight excluding hydrogens is 214 g/mol. The average Bonchev–Trinajstić information content (AvgIpc) is 2.67. The summed E-state index contributed by atoms with van der Waals surface area (Å²) in [5.74, 6) is -0.441. The van der Waals surface area contributed by atoms with E-state index in [1.165, 1.54) is 23.0 Å². The zero-order valence-electron chi connectivity index (χ0n) is 8.70. The molecule has 1 aromatic heterocycles. The Balaban J connectivity index is 2.48. The molecule has 0 aliphatic carbocycles. The molecule has 0 aliphatic rings. The number of allylic oxidation sites excluding steroid dienone is 1. The number of aromatic nitrogens is 2. The van der Waals surface area contributed by atoms with Crippen LogP contribution in [0.5, 0.6) is 0 Å². The Kier molecular flexibility index (Phi) is 4.19. The first-order chi connectivity index (χ1) is 7.63. The Bertz CT molecular complexity index is 411. The SMILES string of the molecule is CCOC(=O)/C=C/Cn1cc([N+](=O)[O-])cn1. The smallest absolute Gasteiger partial charge is 0.330 e. The van der Waals surface area contributed by atoms with E-state index in [1.807, 2.05) is 0 Å². The molecule has 1 rings (SSSR count). The van der Waals surface area contributed by atoms with Gasteiger partial charge >= 0.3 is 11.7 Å². The number of rotatable bonds is 5. The van der Waals surface area contributed by atoms with Crippen molar-refractivity contribution in [3.8, 4) is 0 Å². The molecule has 0 aromatic carbocycles. The topological polar surface area (TPSA) is 87.3 Å². The van der Waals surface area contributed by atoms with Crippen LogP contribution >= 0.6 is 0 Å². The van der Waals surface area contributed by atoms with Crippen LogP contribution in [0, 0.1) is 10.1 Å². The minimum atomic E-state index is -0.529. The third-order valence-corrected chi connectivity index (χ3v) is 1.66. The third-order valence-electron chi connectivity index (χ3n) is 1.66. The Hall–Kier alpha value is -2.18. The lowest BCUT2D eigenvalue weighted by molar-refractivity contribution is -0.385. The second-order valence-corrected chi connectivity index (χ2v) is 2.83. The molecule has 0 radical (unpaired) electrons. The second kappa shape index (κ2) is 5.64. The average molecular weight is 225 g/mol. The van der Waals surface area contributed by atoms with Crippen LogP contribution in [-0.2, 0) is 16.1 Å². The number of esters is 1. The van der Waals surface area contributed by atoms with Gasteiger partial charge in [0.05, 0.1) is 18.1 Å². The van der Waals surface area contributed by atoms with Gasteiger partial charge < -0.3 is 4.74 Å². The van der Waals surface area contributed by atoms with Crippen molar-refractivity contribution >= 4 is 11.7 Å². The van der Waals surface area contributed by atoms with E-state index < -0.39 is 10.9 Å². The normalized spacial score (nSPS) is 10.6. The lowest BCUT2D eigenvalue weighted by atomic mass is 10.5. The maximum Gasteiger partial charge on any atom is 0.330 e. The molecule has 1 heterocycles. The van der Waals surface area contributed by atoms with Crippen LogP contribution in [0.25, 0.3) is 0 Å². The highest BCUT2D eigenvalue weighted by Crippen LogP contribution is 2.07. The van der Waals surface area contributed by atoms with Gasteiger partial charge in [-0.25, -0.2) is 4.79 Å². The van der Waals surface area contributed by atoms with E-state index in [-0.39, 0.29) is 12.2 Å². The number of nitrogens with zero attached hydrogens (tertiary/aromatic N) is 3. The van der Waals surface area contributed by atoms with Gasteiger partial charge in [-0.15, -0.1) is 0 Å². The molecule has 0 atom stereocenters. The van der Waals surface area contributed by atoms with E-state index >= 15 is 0 Å². The Morgan fingerprint density at radius 2 is 2.50 bits per heavy atom. The molecule has 0 saturated carbocycles. The molecule has 7 nitrogen and oxygen atoms in total. The van der Waals surface area contributed by atoms with Crippen molar-refractivity contribution in [1.82, 2.24) is 9.78 Å². The van der Waals surface area contributed by atoms with Crippen molar-refractivity contribution in [3.63, 3.8) is 0 Å². The molecule has 0 N–H and O–H groups in total. The Morgan fingerprint density at radius 3 is 3.06 bits per heavy atom. The summed E-state index contributed by atoms with van der Waals surface area (Å²) < 4.78 is 6.01. The van der Waals surface area contributed by atoms with Crippen LogP contribution in [0.3, 0.4) is 0 Å². The molecule has 0 saturated heterocycles. The lowest BCUT2D eigenvalue weighted by Crippen LogP contribution is -2.01. The summed E-state index contributed by atoms with van der Waals surface area (Å²) in [5, 5.41) is 14.1. The van der Waals surface area contributed by atoms with Crippen LogP contribution in [-0.4, -0.2) is 27.3 Å². The van der Waals surface area contributed by atoms with E-state index in [0.717, 1.165) is 6.20 Å². The molecular formula is C9H11N3O4. The number of nitro groups is 1. The lowest BCUT2D eigenvalue weighted by Gasteiger charge is -1.95. The van der Waals surface area contributed by atoms with Crippen LogP contribution in [0.4, 0.5) is 5.69 Å². The first kappa shape index (κ1) is 11.9. The minimum Gasteiger partial charge on any atom is -0.463 e. The summed E-state index contributed by atoms with van der Waals surface area (Å²) in [6.07, 6.45) is 5.22. The first-order valence-electron chi connectivity index (χ1n) is 4.63. The highest BCUT2D eigenvalue weighted by molar-refractivity contribution is 5.81. The fourth-order valence-corrected chi connectivity index (χ4v) is 0.994. The zero-order chi connectivity index (χ0) is 12.0. The van der Waals surface area contributed by atoms with Gasteiger partial charge in [0.2, 0.25) is 0 Å². The largest absolute Gasteiger partial charge is 0.463 e. The second-order valence-electron chi connectivity index (χ2n) is 2.83. The summed E-state index contributed by atoms with van der Waals surface area (Å²) in [6.45, 7) is 2.31.